The van der Waals surface area contributed by atoms with Gasteiger partial charge in [-0.25, -0.2) is 8.42 Å². The van der Waals surface area contributed by atoms with E-state index in [0.717, 1.165) is 41.3 Å². The van der Waals surface area contributed by atoms with E-state index in [1.807, 2.05) is 4.72 Å². The number of carbonyl (C=O) groups excluding carboxylic acids is 2. The Hall–Kier alpha value is -2.23. The summed E-state index contributed by atoms with van der Waals surface area (Å²) in [6.07, 6.45) is -4.89. The number of anilines is 1. The molecule has 0 bridgehead atoms. The second kappa shape index (κ2) is 10.4. The number of halogens is 3. The first-order chi connectivity index (χ1) is 14.4. The van der Waals surface area contributed by atoms with Crippen molar-refractivity contribution in [2.24, 2.45) is 0 Å². The van der Waals surface area contributed by atoms with E-state index in [0.29, 0.717) is 10.4 Å². The van der Waals surface area contributed by atoms with Crippen LogP contribution in [-0.2, 0) is 30.5 Å². The molecule has 1 heterocycles. The molecule has 2 rings (SSSR count). The van der Waals surface area contributed by atoms with Crippen molar-refractivity contribution >= 4 is 50.1 Å². The molecule has 9 nitrogen and oxygen atoms in total. The molecule has 15 heteroatoms. The van der Waals surface area contributed by atoms with Gasteiger partial charge in [0.05, 0.1) is 28.9 Å². The van der Waals surface area contributed by atoms with E-state index < -0.39 is 44.6 Å². The highest BCUT2D eigenvalue weighted by molar-refractivity contribution is 8.01. The Kier molecular flexibility index (Phi) is 8.39. The number of rotatable bonds is 9. The summed E-state index contributed by atoms with van der Waals surface area (Å²) in [7, 11) is -4.65. The molecule has 0 saturated carbocycles. The zero-order valence-corrected chi connectivity index (χ0v) is 18.5. The highest BCUT2D eigenvalue weighted by Crippen LogP contribution is 2.34. The molecule has 1 aromatic carbocycles. The molecule has 2 N–H and O–H groups in total. The van der Waals surface area contributed by atoms with Crippen LogP contribution < -0.4 is 10.0 Å². The third kappa shape index (κ3) is 7.15. The number of aromatic nitrogens is 2. The van der Waals surface area contributed by atoms with E-state index in [4.69, 9.17) is 4.74 Å². The molecule has 31 heavy (non-hydrogen) atoms. The fraction of sp³-hybridized carbons (Fsp3) is 0.375. The predicted molar refractivity (Wildman–Crippen MR) is 107 cm³/mol. The first-order valence-corrected chi connectivity index (χ1v) is 11.8. The highest BCUT2D eigenvalue weighted by Gasteiger charge is 2.37. The maximum absolute atomic E-state index is 13.1. The van der Waals surface area contributed by atoms with Crippen LogP contribution in [0.25, 0.3) is 0 Å². The Bertz CT molecular complexity index is 1040. The minimum Gasteiger partial charge on any atom is -0.465 e. The molecular weight excluding hydrogens is 481 g/mol. The molecule has 0 fully saturated rings. The number of hydrogen-bond acceptors (Lipinski definition) is 9. The molecule has 0 aliphatic rings. The topological polar surface area (TPSA) is 127 Å². The van der Waals surface area contributed by atoms with Gasteiger partial charge in [0, 0.05) is 0 Å². The van der Waals surface area contributed by atoms with Gasteiger partial charge in [-0.15, -0.1) is 10.2 Å². The number of ether oxygens (including phenoxy) is 1. The number of amides is 1. The summed E-state index contributed by atoms with van der Waals surface area (Å²) < 4.78 is 71.2. The molecule has 2 aromatic rings. The second-order valence-electron chi connectivity index (χ2n) is 5.79. The van der Waals surface area contributed by atoms with Gasteiger partial charge in [0.1, 0.15) is 0 Å². The van der Waals surface area contributed by atoms with E-state index in [1.54, 1.807) is 6.92 Å². The molecule has 0 saturated heterocycles. The third-order valence-corrected chi connectivity index (χ3v) is 7.01. The van der Waals surface area contributed by atoms with Gasteiger partial charge in [-0.2, -0.15) is 17.9 Å². The standard InChI is InChI=1S/C16H17F3N4O5S3/c1-3-28-12(24)8-29-15-22-21-14(30-15)20-13(25)9(2)23-31(26,27)11-7-5-4-6-10(11)16(17,18)19/h4-7,9,23H,3,8H2,1-2H3,(H,20,21,25)/t9-/m0/s1. The fourth-order valence-electron chi connectivity index (χ4n) is 2.14. The summed E-state index contributed by atoms with van der Waals surface area (Å²) in [6.45, 7) is 3.07. The lowest BCUT2D eigenvalue weighted by Crippen LogP contribution is -2.42. The number of carbonyl (C=O) groups is 2. The second-order valence-corrected chi connectivity index (χ2v) is 9.68. The quantitative estimate of drug-likeness (QED) is 0.307. The minimum atomic E-state index is -4.89. The number of nitrogens with zero attached hydrogens (tertiary/aromatic N) is 2. The minimum absolute atomic E-state index is 0.00869. The van der Waals surface area contributed by atoms with Crippen molar-refractivity contribution in [3.05, 3.63) is 29.8 Å². The molecule has 1 amide bonds. The number of benzene rings is 1. The highest BCUT2D eigenvalue weighted by atomic mass is 32.2. The van der Waals surface area contributed by atoms with Crippen molar-refractivity contribution < 1.29 is 35.9 Å². The Labute approximate surface area is 183 Å². The Morgan fingerprint density at radius 2 is 1.94 bits per heavy atom. The normalized spacial score (nSPS) is 12.9. The van der Waals surface area contributed by atoms with Crippen molar-refractivity contribution in [3.8, 4) is 0 Å². The molecule has 170 valence electrons. The van der Waals surface area contributed by atoms with Crippen LogP contribution in [0.1, 0.15) is 19.4 Å². The molecule has 0 radical (unpaired) electrons. The summed E-state index contributed by atoms with van der Waals surface area (Å²) in [6, 6.07) is 2.23. The first-order valence-electron chi connectivity index (χ1n) is 8.55. The van der Waals surface area contributed by atoms with Crippen LogP contribution in [0.15, 0.2) is 33.5 Å². The summed E-state index contributed by atoms with van der Waals surface area (Å²) in [5.74, 6) is -1.31. The van der Waals surface area contributed by atoms with Gasteiger partial charge in [0.15, 0.2) is 4.34 Å². The van der Waals surface area contributed by atoms with Gasteiger partial charge in [0.25, 0.3) is 0 Å². The molecule has 0 spiro atoms. The van der Waals surface area contributed by atoms with Crippen molar-refractivity contribution in [3.63, 3.8) is 0 Å². The van der Waals surface area contributed by atoms with Crippen LogP contribution in [0.4, 0.5) is 18.3 Å². The Morgan fingerprint density at radius 1 is 1.26 bits per heavy atom. The summed E-state index contributed by atoms with van der Waals surface area (Å²) in [5.41, 5.74) is -1.34. The molecule has 0 aliphatic carbocycles. The fourth-order valence-corrected chi connectivity index (χ4v) is 5.12. The molecule has 0 aliphatic heterocycles. The lowest BCUT2D eigenvalue weighted by Gasteiger charge is -2.16. The Morgan fingerprint density at radius 3 is 2.58 bits per heavy atom. The number of esters is 1. The lowest BCUT2D eigenvalue weighted by molar-refractivity contribution is -0.140. The van der Waals surface area contributed by atoms with E-state index >= 15 is 0 Å². The number of sulfonamides is 1. The van der Waals surface area contributed by atoms with Crippen LogP contribution in [0.3, 0.4) is 0 Å². The number of nitrogens with one attached hydrogen (secondary N) is 2. The van der Waals surface area contributed by atoms with E-state index in [2.05, 4.69) is 15.5 Å². The van der Waals surface area contributed by atoms with Gasteiger partial charge in [-0.1, -0.05) is 35.2 Å². The third-order valence-electron chi connectivity index (χ3n) is 3.46. The lowest BCUT2D eigenvalue weighted by atomic mass is 10.2. The van der Waals surface area contributed by atoms with Crippen LogP contribution in [-0.4, -0.2) is 48.9 Å². The van der Waals surface area contributed by atoms with Crippen molar-refractivity contribution in [1.82, 2.24) is 14.9 Å². The van der Waals surface area contributed by atoms with Crippen LogP contribution in [0.2, 0.25) is 0 Å². The monoisotopic (exact) mass is 498 g/mol. The van der Waals surface area contributed by atoms with E-state index in [-0.39, 0.29) is 17.5 Å². The average Bonchev–Trinajstić information content (AvgIpc) is 3.13. The molecule has 1 aromatic heterocycles. The van der Waals surface area contributed by atoms with Crippen molar-refractivity contribution in [2.75, 3.05) is 17.7 Å². The first kappa shape index (κ1) is 25.0. The average molecular weight is 499 g/mol. The largest absolute Gasteiger partial charge is 0.465 e. The predicted octanol–water partition coefficient (Wildman–Crippen LogP) is 2.52. The zero-order chi connectivity index (χ0) is 23.2. The van der Waals surface area contributed by atoms with E-state index in [1.165, 1.54) is 6.92 Å². The van der Waals surface area contributed by atoms with Gasteiger partial charge >= 0.3 is 12.1 Å². The van der Waals surface area contributed by atoms with Crippen molar-refractivity contribution in [2.45, 2.75) is 35.3 Å². The van der Waals surface area contributed by atoms with Gasteiger partial charge < -0.3 is 4.74 Å². The summed E-state index contributed by atoms with van der Waals surface area (Å²) in [4.78, 5) is 22.6. The summed E-state index contributed by atoms with van der Waals surface area (Å²) >= 11 is 1.97. The molecule has 0 unspecified atom stereocenters. The van der Waals surface area contributed by atoms with Crippen LogP contribution >= 0.6 is 23.1 Å². The Balaban J connectivity index is 2.03. The van der Waals surface area contributed by atoms with Crippen LogP contribution in [0.5, 0.6) is 0 Å². The van der Waals surface area contributed by atoms with Crippen LogP contribution in [0, 0.1) is 0 Å². The molecule has 1 atom stereocenters. The zero-order valence-electron chi connectivity index (χ0n) is 16.1. The number of alkyl halides is 3. The maximum atomic E-state index is 13.1. The van der Waals surface area contributed by atoms with Gasteiger partial charge in [-0.05, 0) is 26.0 Å². The van der Waals surface area contributed by atoms with Gasteiger partial charge in [0.2, 0.25) is 21.1 Å². The van der Waals surface area contributed by atoms with Crippen molar-refractivity contribution in [1.29, 1.82) is 0 Å². The number of hydrogen-bond donors (Lipinski definition) is 2. The van der Waals surface area contributed by atoms with Gasteiger partial charge in [-0.3, -0.25) is 14.9 Å². The van der Waals surface area contributed by atoms with E-state index in [9.17, 15) is 31.2 Å². The SMILES string of the molecule is CCOC(=O)CSc1nnc(NC(=O)[C@H](C)NS(=O)(=O)c2ccccc2C(F)(F)F)s1. The molecular formula is C16H17F3N4O5S3. The number of thioether (sulfide) groups is 1. The maximum Gasteiger partial charge on any atom is 0.417 e. The smallest absolute Gasteiger partial charge is 0.417 e. The summed E-state index contributed by atoms with van der Waals surface area (Å²) in [5, 5.41) is 9.82.